The number of amides is 1. The van der Waals surface area contributed by atoms with E-state index in [1.54, 1.807) is 18.2 Å². The minimum absolute atomic E-state index is 0.103. The number of fused-ring (bicyclic) bond motifs is 3. The number of halogens is 1. The Hall–Kier alpha value is -1.88. The minimum atomic E-state index is -0.287. The molecule has 0 aliphatic carbocycles. The molecular formula is C17H19FN2O2. The van der Waals surface area contributed by atoms with E-state index in [2.05, 4.69) is 10.2 Å². The van der Waals surface area contributed by atoms with Crippen LogP contribution in [0.1, 0.15) is 28.8 Å². The average molecular weight is 302 g/mol. The van der Waals surface area contributed by atoms with Gasteiger partial charge in [-0.15, -0.1) is 0 Å². The Kier molecular flexibility index (Phi) is 3.37. The Bertz CT molecular complexity index is 632. The zero-order chi connectivity index (χ0) is 15.1. The SMILES string of the molecule is O=C(N[C@@H]1C[C@H]2CCN(C2)C1)c1ccc2c(c1)OCC=C2F. The van der Waals surface area contributed by atoms with Gasteiger partial charge in [-0.2, -0.15) is 0 Å². The van der Waals surface area contributed by atoms with E-state index in [1.807, 2.05) is 0 Å². The maximum absolute atomic E-state index is 13.6. The van der Waals surface area contributed by atoms with Gasteiger partial charge >= 0.3 is 0 Å². The molecule has 116 valence electrons. The Morgan fingerprint density at radius 1 is 1.36 bits per heavy atom. The maximum Gasteiger partial charge on any atom is 0.251 e. The van der Waals surface area contributed by atoms with Crippen molar-refractivity contribution >= 4 is 11.7 Å². The van der Waals surface area contributed by atoms with Crippen LogP contribution in [-0.4, -0.2) is 43.1 Å². The molecule has 5 heteroatoms. The number of piperidine rings is 1. The fraction of sp³-hybridized carbons (Fsp3) is 0.471. The van der Waals surface area contributed by atoms with Gasteiger partial charge < -0.3 is 15.0 Å². The molecule has 1 N–H and O–H groups in total. The molecule has 1 amide bonds. The van der Waals surface area contributed by atoms with Gasteiger partial charge in [-0.25, -0.2) is 4.39 Å². The van der Waals surface area contributed by atoms with Crippen molar-refractivity contribution in [1.82, 2.24) is 10.2 Å². The van der Waals surface area contributed by atoms with Crippen molar-refractivity contribution in [2.24, 2.45) is 5.92 Å². The van der Waals surface area contributed by atoms with Crippen molar-refractivity contribution in [3.05, 3.63) is 35.4 Å². The highest BCUT2D eigenvalue weighted by Crippen LogP contribution is 2.31. The van der Waals surface area contributed by atoms with E-state index in [-0.39, 0.29) is 24.4 Å². The summed E-state index contributed by atoms with van der Waals surface area (Å²) in [6, 6.07) is 5.12. The summed E-state index contributed by atoms with van der Waals surface area (Å²) in [4.78, 5) is 14.8. The van der Waals surface area contributed by atoms with Crippen molar-refractivity contribution in [2.75, 3.05) is 26.2 Å². The van der Waals surface area contributed by atoms with E-state index in [9.17, 15) is 9.18 Å². The molecule has 2 saturated heterocycles. The predicted octanol–water partition coefficient (Wildman–Crippen LogP) is 2.21. The van der Waals surface area contributed by atoms with Crippen molar-refractivity contribution in [1.29, 1.82) is 0 Å². The molecule has 3 aliphatic rings. The van der Waals surface area contributed by atoms with Crippen LogP contribution < -0.4 is 10.1 Å². The second-order valence-corrected chi connectivity index (χ2v) is 6.39. The lowest BCUT2D eigenvalue weighted by atomic mass is 9.96. The highest BCUT2D eigenvalue weighted by Gasteiger charge is 2.33. The maximum atomic E-state index is 13.6. The summed E-state index contributed by atoms with van der Waals surface area (Å²) in [5, 5.41) is 3.11. The van der Waals surface area contributed by atoms with E-state index in [0.29, 0.717) is 22.8 Å². The van der Waals surface area contributed by atoms with Gasteiger partial charge in [0.1, 0.15) is 18.2 Å². The molecule has 22 heavy (non-hydrogen) atoms. The Morgan fingerprint density at radius 3 is 3.14 bits per heavy atom. The number of nitrogens with one attached hydrogen (secondary N) is 1. The van der Waals surface area contributed by atoms with E-state index in [0.717, 1.165) is 19.5 Å². The Morgan fingerprint density at radius 2 is 2.27 bits per heavy atom. The van der Waals surface area contributed by atoms with Crippen LogP contribution in [0.5, 0.6) is 5.75 Å². The molecule has 4 rings (SSSR count). The lowest BCUT2D eigenvalue weighted by Crippen LogP contribution is -2.47. The van der Waals surface area contributed by atoms with Crippen LogP contribution in [0.15, 0.2) is 24.3 Å². The summed E-state index contributed by atoms with van der Waals surface area (Å²) in [6.07, 6.45) is 3.69. The smallest absolute Gasteiger partial charge is 0.251 e. The van der Waals surface area contributed by atoms with Gasteiger partial charge in [0.05, 0.1) is 5.56 Å². The first-order chi connectivity index (χ1) is 10.7. The molecular weight excluding hydrogens is 283 g/mol. The standard InChI is InChI=1S/C17H19FN2O2/c18-15-4-6-22-16-8-12(1-2-14(15)16)17(21)19-13-7-11-3-5-20(9-11)10-13/h1-2,4,8,11,13H,3,5-7,9-10H2,(H,19,21)/t11-,13-/m1/s1. The summed E-state index contributed by atoms with van der Waals surface area (Å²) in [7, 11) is 0. The normalized spacial score (nSPS) is 29.3. The molecule has 2 fully saturated rings. The van der Waals surface area contributed by atoms with Crippen LogP contribution in [0.3, 0.4) is 0 Å². The van der Waals surface area contributed by atoms with Crippen LogP contribution >= 0.6 is 0 Å². The molecule has 0 spiro atoms. The summed E-state index contributed by atoms with van der Waals surface area (Å²) < 4.78 is 19.1. The minimum Gasteiger partial charge on any atom is -0.489 e. The van der Waals surface area contributed by atoms with Crippen molar-refractivity contribution in [3.63, 3.8) is 0 Å². The van der Waals surface area contributed by atoms with E-state index >= 15 is 0 Å². The first-order valence-electron chi connectivity index (χ1n) is 7.85. The van der Waals surface area contributed by atoms with Gasteiger partial charge in [0.2, 0.25) is 0 Å². The molecule has 0 aromatic heterocycles. The molecule has 4 nitrogen and oxygen atoms in total. The number of nitrogens with zero attached hydrogens (tertiary/aromatic N) is 1. The first-order valence-corrected chi connectivity index (χ1v) is 7.85. The third kappa shape index (κ3) is 2.50. The molecule has 2 bridgehead atoms. The quantitative estimate of drug-likeness (QED) is 0.911. The van der Waals surface area contributed by atoms with E-state index in [1.165, 1.54) is 19.0 Å². The van der Waals surface area contributed by atoms with Gasteiger partial charge in [-0.05, 0) is 49.6 Å². The molecule has 3 aliphatic heterocycles. The van der Waals surface area contributed by atoms with Crippen LogP contribution in [0.25, 0.3) is 5.83 Å². The van der Waals surface area contributed by atoms with Gasteiger partial charge in [-0.3, -0.25) is 4.79 Å². The van der Waals surface area contributed by atoms with Crippen molar-refractivity contribution in [3.8, 4) is 5.75 Å². The second kappa shape index (κ2) is 5.39. The highest BCUT2D eigenvalue weighted by molar-refractivity contribution is 5.95. The molecule has 3 atom stereocenters. The molecule has 0 radical (unpaired) electrons. The van der Waals surface area contributed by atoms with Gasteiger partial charge in [-0.1, -0.05) is 0 Å². The average Bonchev–Trinajstić information content (AvgIpc) is 2.86. The first kappa shape index (κ1) is 13.8. The largest absolute Gasteiger partial charge is 0.489 e. The molecule has 0 saturated carbocycles. The Labute approximate surface area is 128 Å². The number of carbonyl (C=O) groups is 1. The van der Waals surface area contributed by atoms with Crippen molar-refractivity contribution < 1.29 is 13.9 Å². The topological polar surface area (TPSA) is 41.6 Å². The lowest BCUT2D eigenvalue weighted by Gasteiger charge is -2.30. The number of rotatable bonds is 2. The predicted molar refractivity (Wildman–Crippen MR) is 81.4 cm³/mol. The van der Waals surface area contributed by atoms with Crippen LogP contribution in [-0.2, 0) is 0 Å². The van der Waals surface area contributed by atoms with E-state index in [4.69, 9.17) is 4.74 Å². The van der Waals surface area contributed by atoms with E-state index < -0.39 is 0 Å². The molecule has 3 heterocycles. The van der Waals surface area contributed by atoms with Gasteiger partial charge in [0, 0.05) is 24.7 Å². The summed E-state index contributed by atoms with van der Waals surface area (Å²) in [5.74, 6) is 0.768. The number of hydrogen-bond donors (Lipinski definition) is 1. The zero-order valence-electron chi connectivity index (χ0n) is 12.3. The number of ether oxygens (including phenoxy) is 1. The highest BCUT2D eigenvalue weighted by atomic mass is 19.1. The third-order valence-electron chi connectivity index (χ3n) is 4.80. The lowest BCUT2D eigenvalue weighted by molar-refractivity contribution is 0.0909. The summed E-state index contributed by atoms with van der Waals surface area (Å²) in [5.41, 5.74) is 0.950. The number of hydrogen-bond acceptors (Lipinski definition) is 3. The number of carbonyl (C=O) groups excluding carboxylic acids is 1. The second-order valence-electron chi connectivity index (χ2n) is 6.39. The summed E-state index contributed by atoms with van der Waals surface area (Å²) in [6.45, 7) is 3.46. The van der Waals surface area contributed by atoms with Crippen molar-refractivity contribution in [2.45, 2.75) is 18.9 Å². The number of benzene rings is 1. The van der Waals surface area contributed by atoms with Crippen LogP contribution in [0.2, 0.25) is 0 Å². The fourth-order valence-corrected chi connectivity index (χ4v) is 3.73. The molecule has 1 aromatic rings. The zero-order valence-corrected chi connectivity index (χ0v) is 12.3. The fourth-order valence-electron chi connectivity index (χ4n) is 3.73. The molecule has 1 unspecified atom stereocenters. The summed E-state index contributed by atoms with van der Waals surface area (Å²) >= 11 is 0. The Balaban J connectivity index is 1.48. The van der Waals surface area contributed by atoms with Gasteiger partial charge in [0.15, 0.2) is 0 Å². The van der Waals surface area contributed by atoms with Gasteiger partial charge in [0.25, 0.3) is 5.91 Å². The molecule has 1 aromatic carbocycles. The third-order valence-corrected chi connectivity index (χ3v) is 4.80. The van der Waals surface area contributed by atoms with Crippen LogP contribution in [0.4, 0.5) is 4.39 Å². The van der Waals surface area contributed by atoms with Crippen LogP contribution in [0, 0.1) is 5.92 Å². The monoisotopic (exact) mass is 302 g/mol.